The minimum atomic E-state index is -4.52. The van der Waals surface area contributed by atoms with Crippen molar-refractivity contribution in [3.63, 3.8) is 0 Å². The molecule has 2 N–H and O–H groups in total. The molecule has 24 heavy (non-hydrogen) atoms. The molecule has 2 heterocycles. The molecule has 6 nitrogen and oxygen atoms in total. The van der Waals surface area contributed by atoms with E-state index in [4.69, 9.17) is 9.66 Å². The summed E-state index contributed by atoms with van der Waals surface area (Å²) in [6.07, 6.45) is 3.09. The molecule has 0 unspecified atom stereocenters. The number of nitrogens with two attached hydrogens (primary N) is 1. The van der Waals surface area contributed by atoms with Gasteiger partial charge in [-0.05, 0) is 36.8 Å². The van der Waals surface area contributed by atoms with E-state index in [9.17, 15) is 17.2 Å². The Labute approximate surface area is 136 Å². The van der Waals surface area contributed by atoms with Crippen LogP contribution < -0.4 is 5.14 Å². The zero-order valence-electron chi connectivity index (χ0n) is 12.3. The minimum Gasteiger partial charge on any atom is -0.360 e. The standard InChI is InChI=1S/C15H11F2N3O3S/c1-8-13(14(20-23-8)9-3-2-4-19-7-9)10-5-11(16)15(12(17)6-10)24(18,21)22/h2-7H,1H3,(H2,18,21,22). The number of primary sulfonamides is 1. The van der Waals surface area contributed by atoms with Gasteiger partial charge in [-0.15, -0.1) is 0 Å². The number of nitrogens with zero attached hydrogens (tertiary/aromatic N) is 2. The largest absolute Gasteiger partial charge is 0.360 e. The van der Waals surface area contributed by atoms with Crippen LogP contribution in [0.3, 0.4) is 0 Å². The number of rotatable bonds is 3. The number of aryl methyl sites for hydroxylation is 1. The predicted octanol–water partition coefficient (Wildman–Crippen LogP) is 2.64. The van der Waals surface area contributed by atoms with E-state index in [0.717, 1.165) is 12.1 Å². The maximum Gasteiger partial charge on any atom is 0.243 e. The highest BCUT2D eigenvalue weighted by Crippen LogP contribution is 2.35. The molecule has 0 aliphatic rings. The van der Waals surface area contributed by atoms with Crippen molar-refractivity contribution in [2.24, 2.45) is 5.14 Å². The Kier molecular flexibility index (Phi) is 3.90. The van der Waals surface area contributed by atoms with Crippen molar-refractivity contribution >= 4 is 10.0 Å². The molecule has 0 fully saturated rings. The normalized spacial score (nSPS) is 11.7. The fourth-order valence-electron chi connectivity index (χ4n) is 2.39. The summed E-state index contributed by atoms with van der Waals surface area (Å²) in [4.78, 5) is 2.78. The fourth-order valence-corrected chi connectivity index (χ4v) is 3.05. The van der Waals surface area contributed by atoms with Gasteiger partial charge in [0.1, 0.15) is 23.1 Å². The molecule has 1 aromatic carbocycles. The molecule has 0 spiro atoms. The molecule has 0 saturated heterocycles. The number of benzene rings is 1. The van der Waals surface area contributed by atoms with Crippen molar-refractivity contribution in [1.82, 2.24) is 10.1 Å². The zero-order valence-corrected chi connectivity index (χ0v) is 13.1. The van der Waals surface area contributed by atoms with E-state index in [1.807, 2.05) is 0 Å². The predicted molar refractivity (Wildman–Crippen MR) is 81.2 cm³/mol. The first kappa shape index (κ1) is 16.2. The molecule has 0 bridgehead atoms. The van der Waals surface area contributed by atoms with Crippen molar-refractivity contribution in [3.8, 4) is 22.4 Å². The lowest BCUT2D eigenvalue weighted by atomic mass is 10.00. The Morgan fingerprint density at radius 2 is 1.83 bits per heavy atom. The maximum atomic E-state index is 14.1. The molecule has 9 heteroatoms. The number of halogens is 2. The highest BCUT2D eigenvalue weighted by molar-refractivity contribution is 7.89. The van der Waals surface area contributed by atoms with Gasteiger partial charge < -0.3 is 4.52 Å². The van der Waals surface area contributed by atoms with E-state index in [1.54, 1.807) is 25.3 Å². The first-order valence-electron chi connectivity index (χ1n) is 6.68. The molecule has 3 rings (SSSR count). The highest BCUT2D eigenvalue weighted by atomic mass is 32.2. The molecule has 0 amide bonds. The highest BCUT2D eigenvalue weighted by Gasteiger charge is 2.24. The van der Waals surface area contributed by atoms with Crippen molar-refractivity contribution in [1.29, 1.82) is 0 Å². The quantitative estimate of drug-likeness (QED) is 0.782. The smallest absolute Gasteiger partial charge is 0.243 e. The number of hydrogen-bond acceptors (Lipinski definition) is 5. The molecular formula is C15H11F2N3O3S. The zero-order chi connectivity index (χ0) is 17.5. The van der Waals surface area contributed by atoms with Gasteiger partial charge in [-0.3, -0.25) is 4.98 Å². The fraction of sp³-hybridized carbons (Fsp3) is 0.0667. The monoisotopic (exact) mass is 351 g/mol. The van der Waals surface area contributed by atoms with Crippen LogP contribution in [0.1, 0.15) is 5.76 Å². The van der Waals surface area contributed by atoms with Crippen molar-refractivity contribution < 1.29 is 21.7 Å². The van der Waals surface area contributed by atoms with Gasteiger partial charge in [0.05, 0.1) is 5.56 Å². The summed E-state index contributed by atoms with van der Waals surface area (Å²) >= 11 is 0. The lowest BCUT2D eigenvalue weighted by molar-refractivity contribution is 0.400. The lowest BCUT2D eigenvalue weighted by Gasteiger charge is -2.07. The first-order valence-corrected chi connectivity index (χ1v) is 8.22. The van der Waals surface area contributed by atoms with Crippen LogP contribution in [0.25, 0.3) is 22.4 Å². The Hall–Kier alpha value is -2.65. The van der Waals surface area contributed by atoms with Gasteiger partial charge in [0, 0.05) is 18.0 Å². The van der Waals surface area contributed by atoms with E-state index in [-0.39, 0.29) is 5.56 Å². The minimum absolute atomic E-state index is 0.0787. The SMILES string of the molecule is Cc1onc(-c2cccnc2)c1-c1cc(F)c(S(N)(=O)=O)c(F)c1. The van der Waals surface area contributed by atoms with Gasteiger partial charge in [0.2, 0.25) is 10.0 Å². The van der Waals surface area contributed by atoms with Crippen LogP contribution >= 0.6 is 0 Å². The summed E-state index contributed by atoms with van der Waals surface area (Å²) in [6.45, 7) is 1.57. The van der Waals surface area contributed by atoms with Crippen molar-refractivity contribution in [2.45, 2.75) is 11.8 Å². The molecule has 0 aliphatic heterocycles. The number of pyridine rings is 1. The third kappa shape index (κ3) is 2.79. The van der Waals surface area contributed by atoms with Crippen LogP contribution in [0.5, 0.6) is 0 Å². The second-order valence-corrected chi connectivity index (χ2v) is 6.52. The second-order valence-electron chi connectivity index (χ2n) is 5.02. The number of aromatic nitrogens is 2. The average molecular weight is 351 g/mol. The summed E-state index contributed by atoms with van der Waals surface area (Å²) in [6, 6.07) is 5.14. The first-order chi connectivity index (χ1) is 11.3. The van der Waals surface area contributed by atoms with Crippen LogP contribution in [0.2, 0.25) is 0 Å². The summed E-state index contributed by atoms with van der Waals surface area (Å²) in [7, 11) is -4.52. The third-order valence-electron chi connectivity index (χ3n) is 3.37. The summed E-state index contributed by atoms with van der Waals surface area (Å²) in [5.74, 6) is -2.26. The maximum absolute atomic E-state index is 14.1. The Balaban J connectivity index is 2.24. The molecular weight excluding hydrogens is 340 g/mol. The summed E-state index contributed by atoms with van der Waals surface area (Å²) in [5, 5.41) is 8.72. The average Bonchev–Trinajstić information content (AvgIpc) is 2.87. The van der Waals surface area contributed by atoms with E-state index in [2.05, 4.69) is 10.1 Å². The van der Waals surface area contributed by atoms with Crippen molar-refractivity contribution in [3.05, 3.63) is 54.1 Å². The molecule has 124 valence electrons. The topological polar surface area (TPSA) is 99.1 Å². The van der Waals surface area contributed by atoms with E-state index >= 15 is 0 Å². The molecule has 0 atom stereocenters. The molecule has 3 aromatic rings. The van der Waals surface area contributed by atoms with Crippen LogP contribution in [-0.2, 0) is 10.0 Å². The number of sulfonamides is 1. The van der Waals surface area contributed by atoms with E-state index in [1.165, 1.54) is 6.20 Å². The van der Waals surface area contributed by atoms with Gasteiger partial charge in [-0.1, -0.05) is 5.16 Å². The molecule has 0 saturated carbocycles. The van der Waals surface area contributed by atoms with E-state index < -0.39 is 26.6 Å². The van der Waals surface area contributed by atoms with Gasteiger partial charge in [0.25, 0.3) is 0 Å². The van der Waals surface area contributed by atoms with Crippen molar-refractivity contribution in [2.75, 3.05) is 0 Å². The van der Waals surface area contributed by atoms with Crippen LogP contribution in [0.15, 0.2) is 46.1 Å². The molecule has 2 aromatic heterocycles. The Morgan fingerprint density at radius 3 is 2.38 bits per heavy atom. The Bertz CT molecular complexity index is 995. The lowest BCUT2D eigenvalue weighted by Crippen LogP contribution is -2.16. The van der Waals surface area contributed by atoms with Gasteiger partial charge >= 0.3 is 0 Å². The van der Waals surface area contributed by atoms with E-state index in [0.29, 0.717) is 22.6 Å². The molecule has 0 radical (unpaired) electrons. The van der Waals surface area contributed by atoms with Gasteiger partial charge in [-0.2, -0.15) is 0 Å². The van der Waals surface area contributed by atoms with Crippen LogP contribution in [-0.4, -0.2) is 18.6 Å². The third-order valence-corrected chi connectivity index (χ3v) is 4.33. The molecule has 0 aliphatic carbocycles. The second kappa shape index (κ2) is 5.77. The summed E-state index contributed by atoms with van der Waals surface area (Å²) in [5.41, 5.74) is 1.33. The van der Waals surface area contributed by atoms with Crippen LogP contribution in [0.4, 0.5) is 8.78 Å². The Morgan fingerprint density at radius 1 is 1.17 bits per heavy atom. The number of hydrogen-bond donors (Lipinski definition) is 1. The van der Waals surface area contributed by atoms with Gasteiger partial charge in [-0.25, -0.2) is 22.3 Å². The van der Waals surface area contributed by atoms with Gasteiger partial charge in [0.15, 0.2) is 4.90 Å². The summed E-state index contributed by atoms with van der Waals surface area (Å²) < 4.78 is 55.9. The van der Waals surface area contributed by atoms with Crippen LogP contribution in [0, 0.1) is 18.6 Å².